The Kier molecular flexibility index (Phi) is 6.58. The van der Waals surface area contributed by atoms with E-state index >= 15 is 0 Å². The average Bonchev–Trinajstić information content (AvgIpc) is 3.14. The first-order chi connectivity index (χ1) is 16.4. The van der Waals surface area contributed by atoms with Gasteiger partial charge in [-0.25, -0.2) is 14.0 Å². The standard InChI is InChI=1S/C26H23FN2O5/c1-2-23(24(30)28-15-11-12-20(25(31)32)22(27)13-15)29-26(33)34-14-21-18-9-5-3-7-16(18)17-8-4-6-10-19(17)21/h3-13,21,23H,2,14H2,1H3,(H,28,30)(H,29,33)(H,31,32)/t23-/m0/s1. The largest absolute Gasteiger partial charge is 0.478 e. The van der Waals surface area contributed by atoms with Gasteiger partial charge < -0.3 is 20.5 Å². The van der Waals surface area contributed by atoms with E-state index < -0.39 is 35.4 Å². The number of ether oxygens (including phenoxy) is 1. The van der Waals surface area contributed by atoms with E-state index in [0.717, 1.165) is 34.4 Å². The number of carbonyl (C=O) groups excluding carboxylic acids is 2. The fourth-order valence-electron chi connectivity index (χ4n) is 4.13. The van der Waals surface area contributed by atoms with Crippen LogP contribution in [0.1, 0.15) is 40.7 Å². The Labute approximate surface area is 195 Å². The normalized spacial score (nSPS) is 12.9. The van der Waals surface area contributed by atoms with Gasteiger partial charge in [-0.1, -0.05) is 55.5 Å². The van der Waals surface area contributed by atoms with Crippen molar-refractivity contribution in [3.63, 3.8) is 0 Å². The monoisotopic (exact) mass is 462 g/mol. The van der Waals surface area contributed by atoms with Crippen LogP contribution in [0.25, 0.3) is 11.1 Å². The van der Waals surface area contributed by atoms with Crippen LogP contribution in [0.2, 0.25) is 0 Å². The Morgan fingerprint density at radius 1 is 1.00 bits per heavy atom. The average molecular weight is 462 g/mol. The van der Waals surface area contributed by atoms with Crippen LogP contribution in [0.5, 0.6) is 0 Å². The molecule has 0 fully saturated rings. The number of carboxylic acid groups (broad SMARTS) is 1. The predicted molar refractivity (Wildman–Crippen MR) is 124 cm³/mol. The van der Waals surface area contributed by atoms with Crippen molar-refractivity contribution in [1.29, 1.82) is 0 Å². The molecule has 4 rings (SSSR count). The van der Waals surface area contributed by atoms with Crippen molar-refractivity contribution in [3.8, 4) is 11.1 Å². The van der Waals surface area contributed by atoms with E-state index in [0.29, 0.717) is 0 Å². The number of rotatable bonds is 7. The van der Waals surface area contributed by atoms with Gasteiger partial charge in [-0.2, -0.15) is 0 Å². The number of halogens is 1. The van der Waals surface area contributed by atoms with Gasteiger partial charge in [0.25, 0.3) is 0 Å². The molecule has 0 radical (unpaired) electrons. The van der Waals surface area contributed by atoms with E-state index in [1.54, 1.807) is 6.92 Å². The summed E-state index contributed by atoms with van der Waals surface area (Å²) in [7, 11) is 0. The van der Waals surface area contributed by atoms with Gasteiger partial charge in [-0.3, -0.25) is 4.79 Å². The molecule has 34 heavy (non-hydrogen) atoms. The number of alkyl carbamates (subject to hydrolysis) is 1. The van der Waals surface area contributed by atoms with Gasteiger partial charge in [-0.15, -0.1) is 0 Å². The molecule has 0 saturated carbocycles. The van der Waals surface area contributed by atoms with E-state index in [2.05, 4.69) is 10.6 Å². The maximum Gasteiger partial charge on any atom is 0.407 e. The second-order valence-corrected chi connectivity index (χ2v) is 7.92. The number of amides is 2. The third-order valence-corrected chi connectivity index (χ3v) is 5.83. The Morgan fingerprint density at radius 3 is 2.18 bits per heavy atom. The van der Waals surface area contributed by atoms with Gasteiger partial charge in [0.05, 0.1) is 5.56 Å². The highest BCUT2D eigenvalue weighted by Gasteiger charge is 2.29. The van der Waals surface area contributed by atoms with Crippen molar-refractivity contribution >= 4 is 23.7 Å². The summed E-state index contributed by atoms with van der Waals surface area (Å²) in [4.78, 5) is 36.0. The SMILES string of the molecule is CC[C@H](NC(=O)OCC1c2ccccc2-c2ccccc21)C(=O)Nc1ccc(C(=O)O)c(F)c1. The van der Waals surface area contributed by atoms with E-state index in [1.165, 1.54) is 6.07 Å². The minimum atomic E-state index is -1.40. The number of hydrogen-bond acceptors (Lipinski definition) is 4. The molecule has 0 unspecified atom stereocenters. The molecule has 3 aromatic rings. The second-order valence-electron chi connectivity index (χ2n) is 7.92. The Bertz CT molecular complexity index is 1210. The summed E-state index contributed by atoms with van der Waals surface area (Å²) in [6, 6.07) is 18.3. The lowest BCUT2D eigenvalue weighted by Crippen LogP contribution is -2.43. The fourth-order valence-corrected chi connectivity index (χ4v) is 4.13. The summed E-state index contributed by atoms with van der Waals surface area (Å²) in [5, 5.41) is 13.9. The molecular weight excluding hydrogens is 439 g/mol. The van der Waals surface area contributed by atoms with E-state index in [9.17, 15) is 18.8 Å². The first kappa shape index (κ1) is 23.0. The number of carboxylic acids is 1. The highest BCUT2D eigenvalue weighted by Crippen LogP contribution is 2.44. The van der Waals surface area contributed by atoms with E-state index in [-0.39, 0.29) is 24.6 Å². The number of nitrogens with one attached hydrogen (secondary N) is 2. The van der Waals surface area contributed by atoms with Crippen molar-refractivity contribution in [2.75, 3.05) is 11.9 Å². The molecule has 3 aromatic carbocycles. The number of benzene rings is 3. The number of hydrogen-bond donors (Lipinski definition) is 3. The Balaban J connectivity index is 1.38. The molecule has 0 spiro atoms. The number of fused-ring (bicyclic) bond motifs is 3. The molecule has 3 N–H and O–H groups in total. The number of carbonyl (C=O) groups is 3. The Morgan fingerprint density at radius 2 is 1.62 bits per heavy atom. The first-order valence-corrected chi connectivity index (χ1v) is 10.8. The summed E-state index contributed by atoms with van der Waals surface area (Å²) >= 11 is 0. The topological polar surface area (TPSA) is 105 Å². The molecule has 0 aromatic heterocycles. The predicted octanol–water partition coefficient (Wildman–Crippen LogP) is 4.78. The third-order valence-electron chi connectivity index (χ3n) is 5.83. The molecule has 0 aliphatic heterocycles. The smallest absolute Gasteiger partial charge is 0.407 e. The highest BCUT2D eigenvalue weighted by atomic mass is 19.1. The zero-order valence-electron chi connectivity index (χ0n) is 18.4. The van der Waals surface area contributed by atoms with Crippen LogP contribution in [0.4, 0.5) is 14.9 Å². The molecule has 0 heterocycles. The molecule has 7 nitrogen and oxygen atoms in total. The van der Waals surface area contributed by atoms with Crippen LogP contribution < -0.4 is 10.6 Å². The molecule has 1 aliphatic rings. The van der Waals surface area contributed by atoms with Gasteiger partial charge in [0.15, 0.2) is 0 Å². The van der Waals surface area contributed by atoms with Gasteiger partial charge in [0, 0.05) is 11.6 Å². The number of anilines is 1. The quantitative estimate of drug-likeness (QED) is 0.469. The maximum atomic E-state index is 13.9. The van der Waals surface area contributed by atoms with E-state index in [4.69, 9.17) is 9.84 Å². The molecule has 0 saturated heterocycles. The molecule has 1 aliphatic carbocycles. The van der Waals surface area contributed by atoms with Crippen LogP contribution in [-0.4, -0.2) is 35.7 Å². The second kappa shape index (κ2) is 9.74. The lowest BCUT2D eigenvalue weighted by atomic mass is 9.98. The third kappa shape index (κ3) is 4.61. The van der Waals surface area contributed by atoms with Gasteiger partial charge >= 0.3 is 12.1 Å². The van der Waals surface area contributed by atoms with Gasteiger partial charge in [-0.05, 0) is 46.9 Å². The zero-order valence-corrected chi connectivity index (χ0v) is 18.4. The summed E-state index contributed by atoms with van der Waals surface area (Å²) < 4.78 is 19.4. The van der Waals surface area contributed by atoms with E-state index in [1.807, 2.05) is 48.5 Å². The van der Waals surface area contributed by atoms with Gasteiger partial charge in [0.2, 0.25) is 5.91 Å². The van der Waals surface area contributed by atoms with Crippen molar-refractivity contribution < 1.29 is 28.6 Å². The van der Waals surface area contributed by atoms with Crippen LogP contribution >= 0.6 is 0 Å². The highest BCUT2D eigenvalue weighted by molar-refractivity contribution is 5.97. The van der Waals surface area contributed by atoms with Gasteiger partial charge in [0.1, 0.15) is 18.5 Å². The maximum absolute atomic E-state index is 13.9. The molecular formula is C26H23FN2O5. The fraction of sp³-hybridized carbons (Fsp3) is 0.192. The Hall–Kier alpha value is -4.20. The lowest BCUT2D eigenvalue weighted by Gasteiger charge is -2.19. The molecule has 2 amide bonds. The first-order valence-electron chi connectivity index (χ1n) is 10.8. The minimum absolute atomic E-state index is 0.0836. The van der Waals surface area contributed by atoms with Crippen LogP contribution in [-0.2, 0) is 9.53 Å². The van der Waals surface area contributed by atoms with Crippen molar-refractivity contribution in [3.05, 3.63) is 89.2 Å². The van der Waals surface area contributed by atoms with Crippen molar-refractivity contribution in [2.24, 2.45) is 0 Å². The summed E-state index contributed by atoms with van der Waals surface area (Å²) in [5.41, 5.74) is 3.96. The lowest BCUT2D eigenvalue weighted by molar-refractivity contribution is -0.118. The summed E-state index contributed by atoms with van der Waals surface area (Å²) in [6.45, 7) is 1.82. The summed E-state index contributed by atoms with van der Waals surface area (Å²) in [5.74, 6) is -3.05. The van der Waals surface area contributed by atoms with Crippen molar-refractivity contribution in [1.82, 2.24) is 5.32 Å². The minimum Gasteiger partial charge on any atom is -0.478 e. The molecule has 174 valence electrons. The molecule has 8 heteroatoms. The number of aromatic carboxylic acids is 1. The molecule has 1 atom stereocenters. The van der Waals surface area contributed by atoms with Crippen molar-refractivity contribution in [2.45, 2.75) is 25.3 Å². The summed E-state index contributed by atoms with van der Waals surface area (Å²) in [6.07, 6.45) is -0.470. The zero-order chi connectivity index (χ0) is 24.2. The van der Waals surface area contributed by atoms with Crippen LogP contribution in [0.3, 0.4) is 0 Å². The van der Waals surface area contributed by atoms with Crippen LogP contribution in [0.15, 0.2) is 66.7 Å². The van der Waals surface area contributed by atoms with Crippen LogP contribution in [0, 0.1) is 5.82 Å². The molecule has 0 bridgehead atoms.